The van der Waals surface area contributed by atoms with Crippen molar-refractivity contribution >= 4 is 15.4 Å². The van der Waals surface area contributed by atoms with Crippen molar-refractivity contribution in [2.24, 2.45) is 4.99 Å². The SMILES string of the molecule is CCCC(CCCN=C=O)[SiH](OC)OC. The van der Waals surface area contributed by atoms with E-state index in [4.69, 9.17) is 8.85 Å². The molecule has 0 aromatic rings. The first kappa shape index (κ1) is 14.5. The minimum absolute atomic E-state index is 0.520. The second-order valence-corrected chi connectivity index (χ2v) is 6.13. The van der Waals surface area contributed by atoms with Gasteiger partial charge in [0.15, 0.2) is 0 Å². The molecule has 4 nitrogen and oxygen atoms in total. The molecule has 0 aliphatic heterocycles. The summed E-state index contributed by atoms with van der Waals surface area (Å²) in [5.74, 6) is 0. The zero-order chi connectivity index (χ0) is 11.5. The summed E-state index contributed by atoms with van der Waals surface area (Å²) in [5, 5.41) is 0. The summed E-state index contributed by atoms with van der Waals surface area (Å²) in [4.78, 5) is 13.4. The molecule has 0 N–H and O–H groups in total. The van der Waals surface area contributed by atoms with E-state index in [2.05, 4.69) is 11.9 Å². The number of nitrogens with zero attached hydrogens (tertiary/aromatic N) is 1. The van der Waals surface area contributed by atoms with E-state index in [0.717, 1.165) is 25.7 Å². The second-order valence-electron chi connectivity index (χ2n) is 3.50. The quantitative estimate of drug-likeness (QED) is 0.263. The molecule has 0 fully saturated rings. The molecule has 88 valence electrons. The Morgan fingerprint density at radius 2 is 2.00 bits per heavy atom. The van der Waals surface area contributed by atoms with Crippen LogP contribution in [0.25, 0.3) is 0 Å². The maximum atomic E-state index is 9.89. The molecule has 1 atom stereocenters. The monoisotopic (exact) mass is 231 g/mol. The molecule has 0 saturated heterocycles. The van der Waals surface area contributed by atoms with E-state index in [9.17, 15) is 4.79 Å². The van der Waals surface area contributed by atoms with Crippen LogP contribution in [0.1, 0.15) is 32.6 Å². The van der Waals surface area contributed by atoms with Gasteiger partial charge in [0.05, 0.1) is 6.54 Å². The molecule has 0 radical (unpaired) electrons. The fourth-order valence-corrected chi connectivity index (χ4v) is 3.82. The Kier molecular flexibility index (Phi) is 9.73. The molecular weight excluding hydrogens is 210 g/mol. The van der Waals surface area contributed by atoms with E-state index in [-0.39, 0.29) is 0 Å². The normalized spacial score (nSPS) is 12.5. The smallest absolute Gasteiger partial charge is 0.324 e. The first-order valence-corrected chi connectivity index (χ1v) is 7.00. The number of rotatable bonds is 9. The van der Waals surface area contributed by atoms with Gasteiger partial charge in [-0.2, -0.15) is 0 Å². The largest absolute Gasteiger partial charge is 0.400 e. The lowest BCUT2D eigenvalue weighted by molar-refractivity contribution is 0.259. The Bertz CT molecular complexity index is 191. The molecule has 0 amide bonds. The summed E-state index contributed by atoms with van der Waals surface area (Å²) in [5.41, 5.74) is 0.520. The topological polar surface area (TPSA) is 47.9 Å². The van der Waals surface area contributed by atoms with Gasteiger partial charge in [-0.15, -0.1) is 0 Å². The van der Waals surface area contributed by atoms with Gasteiger partial charge in [-0.25, -0.2) is 9.79 Å². The van der Waals surface area contributed by atoms with E-state index < -0.39 is 9.28 Å². The zero-order valence-corrected chi connectivity index (χ0v) is 11.0. The summed E-state index contributed by atoms with van der Waals surface area (Å²) >= 11 is 0. The molecule has 0 bridgehead atoms. The summed E-state index contributed by atoms with van der Waals surface area (Å²) in [6.07, 6.45) is 5.76. The minimum Gasteiger partial charge on any atom is -0.400 e. The molecule has 0 aliphatic rings. The Labute approximate surface area is 93.5 Å². The van der Waals surface area contributed by atoms with Gasteiger partial charge in [0, 0.05) is 14.2 Å². The van der Waals surface area contributed by atoms with Gasteiger partial charge in [0.1, 0.15) is 0 Å². The van der Waals surface area contributed by atoms with E-state index in [1.807, 2.05) is 0 Å². The predicted octanol–water partition coefficient (Wildman–Crippen LogP) is 1.79. The summed E-state index contributed by atoms with van der Waals surface area (Å²) in [6.45, 7) is 2.73. The fourth-order valence-electron chi connectivity index (χ4n) is 1.75. The average molecular weight is 231 g/mol. The van der Waals surface area contributed by atoms with Crippen LogP contribution in [0.4, 0.5) is 0 Å². The highest BCUT2D eigenvalue weighted by atomic mass is 28.3. The number of hydrogen-bond donors (Lipinski definition) is 0. The van der Waals surface area contributed by atoms with Crippen molar-refractivity contribution in [1.29, 1.82) is 0 Å². The third-order valence-corrected chi connectivity index (χ3v) is 4.78. The fraction of sp³-hybridized carbons (Fsp3) is 0.900. The van der Waals surface area contributed by atoms with Crippen molar-refractivity contribution in [3.8, 4) is 0 Å². The second kappa shape index (κ2) is 10.0. The molecule has 15 heavy (non-hydrogen) atoms. The number of carbonyl (C=O) groups excluding carboxylic acids is 1. The molecule has 0 rings (SSSR count). The van der Waals surface area contributed by atoms with Crippen molar-refractivity contribution in [3.63, 3.8) is 0 Å². The third kappa shape index (κ3) is 6.57. The Morgan fingerprint density at radius 3 is 2.47 bits per heavy atom. The highest BCUT2D eigenvalue weighted by Gasteiger charge is 2.22. The first-order chi connectivity index (χ1) is 7.29. The lowest BCUT2D eigenvalue weighted by Crippen LogP contribution is -2.26. The average Bonchev–Trinajstić information content (AvgIpc) is 2.26. The lowest BCUT2D eigenvalue weighted by atomic mass is 10.1. The van der Waals surface area contributed by atoms with E-state index in [1.54, 1.807) is 20.3 Å². The maximum Gasteiger partial charge on any atom is 0.324 e. The maximum absolute atomic E-state index is 9.89. The first-order valence-electron chi connectivity index (χ1n) is 5.39. The van der Waals surface area contributed by atoms with E-state index in [1.165, 1.54) is 0 Å². The molecule has 0 spiro atoms. The molecule has 0 heterocycles. The Morgan fingerprint density at radius 1 is 1.33 bits per heavy atom. The van der Waals surface area contributed by atoms with Crippen LogP contribution in [0.5, 0.6) is 0 Å². The minimum atomic E-state index is -1.52. The predicted molar refractivity (Wildman–Crippen MR) is 62.0 cm³/mol. The standard InChI is InChI=1S/C10H21NO3Si/c1-4-6-10(15(13-2)14-3)7-5-8-11-9-12/h10,15H,4-8H2,1-3H3. The van der Waals surface area contributed by atoms with Gasteiger partial charge in [-0.1, -0.05) is 13.3 Å². The van der Waals surface area contributed by atoms with Crippen LogP contribution < -0.4 is 0 Å². The van der Waals surface area contributed by atoms with Crippen LogP contribution in [0.2, 0.25) is 5.54 Å². The van der Waals surface area contributed by atoms with Crippen LogP contribution in [-0.4, -0.2) is 36.1 Å². The van der Waals surface area contributed by atoms with Gasteiger partial charge >= 0.3 is 9.28 Å². The Balaban J connectivity index is 3.95. The van der Waals surface area contributed by atoms with Gasteiger partial charge in [-0.3, -0.25) is 0 Å². The van der Waals surface area contributed by atoms with Crippen molar-refractivity contribution in [2.45, 2.75) is 38.1 Å². The zero-order valence-electron chi connectivity index (χ0n) is 9.86. The lowest BCUT2D eigenvalue weighted by Gasteiger charge is -2.21. The number of hydrogen-bond acceptors (Lipinski definition) is 4. The molecule has 0 saturated carbocycles. The molecule has 1 unspecified atom stereocenters. The molecule has 0 aromatic heterocycles. The van der Waals surface area contributed by atoms with Crippen LogP contribution >= 0.6 is 0 Å². The van der Waals surface area contributed by atoms with Crippen LogP contribution in [0, 0.1) is 0 Å². The van der Waals surface area contributed by atoms with Gasteiger partial charge in [0.2, 0.25) is 6.08 Å². The highest BCUT2D eigenvalue weighted by molar-refractivity contribution is 6.46. The van der Waals surface area contributed by atoms with Crippen LogP contribution in [0.15, 0.2) is 4.99 Å². The van der Waals surface area contributed by atoms with E-state index >= 15 is 0 Å². The van der Waals surface area contributed by atoms with Gasteiger partial charge in [0.25, 0.3) is 0 Å². The molecule has 0 aliphatic carbocycles. The number of isocyanates is 1. The third-order valence-electron chi connectivity index (χ3n) is 2.42. The van der Waals surface area contributed by atoms with Crippen LogP contribution in [0.3, 0.4) is 0 Å². The number of aliphatic imine (C=N–C) groups is 1. The summed E-state index contributed by atoms with van der Waals surface area (Å²) < 4.78 is 10.8. The van der Waals surface area contributed by atoms with Crippen molar-refractivity contribution in [3.05, 3.63) is 0 Å². The summed E-state index contributed by atoms with van der Waals surface area (Å²) in [6, 6.07) is 0. The highest BCUT2D eigenvalue weighted by Crippen LogP contribution is 2.24. The van der Waals surface area contributed by atoms with E-state index in [0.29, 0.717) is 12.1 Å². The molecule has 0 aromatic carbocycles. The van der Waals surface area contributed by atoms with Crippen LogP contribution in [-0.2, 0) is 13.6 Å². The Hall–Kier alpha value is -0.483. The van der Waals surface area contributed by atoms with Gasteiger partial charge < -0.3 is 8.85 Å². The molecular formula is C10H21NO3Si. The van der Waals surface area contributed by atoms with Crippen molar-refractivity contribution in [1.82, 2.24) is 0 Å². The summed E-state index contributed by atoms with van der Waals surface area (Å²) in [7, 11) is 1.91. The van der Waals surface area contributed by atoms with Crippen molar-refractivity contribution in [2.75, 3.05) is 20.8 Å². The van der Waals surface area contributed by atoms with Crippen molar-refractivity contribution < 1.29 is 13.6 Å². The molecule has 5 heteroatoms. The van der Waals surface area contributed by atoms with Gasteiger partial charge in [-0.05, 0) is 24.8 Å².